The maximum atomic E-state index is 8.52. The SMILES string of the molecule is [CH2]COCCOCCOCCOCCOCCOCCOCCOCCO. The molecular weight excluding hydrogens is 360 g/mol. The Morgan fingerprint density at radius 2 is 0.593 bits per heavy atom. The third-order valence-electron chi connectivity index (χ3n) is 2.98. The van der Waals surface area contributed by atoms with Gasteiger partial charge in [0.2, 0.25) is 0 Å². The lowest BCUT2D eigenvalue weighted by molar-refractivity contribution is -0.0233. The van der Waals surface area contributed by atoms with E-state index in [1.165, 1.54) is 0 Å². The first-order valence-corrected chi connectivity index (χ1v) is 9.44. The lowest BCUT2D eigenvalue weighted by Crippen LogP contribution is -2.15. The van der Waals surface area contributed by atoms with Crippen LogP contribution in [0.25, 0.3) is 0 Å². The van der Waals surface area contributed by atoms with Crippen molar-refractivity contribution < 1.29 is 43.0 Å². The minimum Gasteiger partial charge on any atom is -0.394 e. The molecule has 0 spiro atoms. The maximum Gasteiger partial charge on any atom is 0.0701 e. The highest BCUT2D eigenvalue weighted by atomic mass is 16.6. The van der Waals surface area contributed by atoms with E-state index in [1.807, 2.05) is 0 Å². The van der Waals surface area contributed by atoms with Gasteiger partial charge in [-0.1, -0.05) is 0 Å². The Kier molecular flexibility index (Phi) is 25.3. The Morgan fingerprint density at radius 3 is 0.815 bits per heavy atom. The molecule has 0 aliphatic rings. The third-order valence-corrected chi connectivity index (χ3v) is 2.98. The molecule has 0 aromatic rings. The summed E-state index contributed by atoms with van der Waals surface area (Å²) in [7, 11) is 0. The van der Waals surface area contributed by atoms with Crippen LogP contribution in [-0.2, 0) is 37.9 Å². The molecule has 0 fully saturated rings. The molecule has 0 bridgehead atoms. The molecule has 0 atom stereocenters. The summed E-state index contributed by atoms with van der Waals surface area (Å²) in [6.07, 6.45) is 0. The van der Waals surface area contributed by atoms with Gasteiger partial charge in [0.1, 0.15) is 0 Å². The molecule has 163 valence electrons. The monoisotopic (exact) mass is 397 g/mol. The smallest absolute Gasteiger partial charge is 0.0701 e. The first-order valence-electron chi connectivity index (χ1n) is 9.44. The normalized spacial score (nSPS) is 11.3. The molecule has 9 heteroatoms. The van der Waals surface area contributed by atoms with Crippen molar-refractivity contribution >= 4 is 0 Å². The van der Waals surface area contributed by atoms with Crippen LogP contribution in [0, 0.1) is 6.92 Å². The Morgan fingerprint density at radius 1 is 0.370 bits per heavy atom. The maximum absolute atomic E-state index is 8.52. The number of ether oxygens (including phenoxy) is 8. The lowest BCUT2D eigenvalue weighted by atomic mass is 10.6. The van der Waals surface area contributed by atoms with Crippen molar-refractivity contribution in [1.29, 1.82) is 0 Å². The Balaban J connectivity index is 2.95. The summed E-state index contributed by atoms with van der Waals surface area (Å²) in [5.74, 6) is 0. The second-order valence-electron chi connectivity index (χ2n) is 5.12. The molecule has 0 heterocycles. The molecule has 9 nitrogen and oxygen atoms in total. The van der Waals surface area contributed by atoms with Crippen LogP contribution < -0.4 is 0 Å². The quantitative estimate of drug-likeness (QED) is 0.225. The molecular formula is C18H37O9. The van der Waals surface area contributed by atoms with Crippen LogP contribution >= 0.6 is 0 Å². The van der Waals surface area contributed by atoms with Crippen molar-refractivity contribution in [1.82, 2.24) is 0 Å². The van der Waals surface area contributed by atoms with E-state index in [-0.39, 0.29) is 6.61 Å². The molecule has 0 aromatic carbocycles. The second kappa shape index (κ2) is 25.6. The number of hydrogen-bond donors (Lipinski definition) is 1. The van der Waals surface area contributed by atoms with E-state index in [4.69, 9.17) is 43.0 Å². The topological polar surface area (TPSA) is 94.1 Å². The highest BCUT2D eigenvalue weighted by Crippen LogP contribution is 1.85. The number of aliphatic hydroxyl groups is 1. The standard InChI is InChI=1S/C18H37O9/c1-2-20-5-6-22-9-10-24-13-14-26-17-18-27-16-15-25-12-11-23-8-7-21-4-3-19/h19H,1-18H2. The van der Waals surface area contributed by atoms with Crippen molar-refractivity contribution in [3.63, 3.8) is 0 Å². The number of aliphatic hydroxyl groups excluding tert-OH is 1. The Hall–Kier alpha value is -0.360. The van der Waals surface area contributed by atoms with E-state index in [0.29, 0.717) is 106 Å². The Labute approximate surface area is 163 Å². The van der Waals surface area contributed by atoms with Crippen LogP contribution in [0.4, 0.5) is 0 Å². The highest BCUT2D eigenvalue weighted by Gasteiger charge is 1.94. The summed E-state index contributed by atoms with van der Waals surface area (Å²) in [4.78, 5) is 0. The summed E-state index contributed by atoms with van der Waals surface area (Å²) < 4.78 is 42.2. The molecule has 0 unspecified atom stereocenters. The average molecular weight is 397 g/mol. The van der Waals surface area contributed by atoms with Crippen molar-refractivity contribution in [3.05, 3.63) is 6.92 Å². The van der Waals surface area contributed by atoms with Crippen LogP contribution in [0.5, 0.6) is 0 Å². The molecule has 0 saturated heterocycles. The summed E-state index contributed by atoms with van der Waals surface area (Å²) >= 11 is 0. The molecule has 0 saturated carbocycles. The second-order valence-corrected chi connectivity index (χ2v) is 5.12. The molecule has 1 radical (unpaired) electrons. The average Bonchev–Trinajstić information content (AvgIpc) is 2.68. The largest absolute Gasteiger partial charge is 0.394 e. The van der Waals surface area contributed by atoms with Crippen LogP contribution in [-0.4, -0.2) is 117 Å². The minimum atomic E-state index is 0.0334. The van der Waals surface area contributed by atoms with Crippen molar-refractivity contribution in [2.45, 2.75) is 0 Å². The van der Waals surface area contributed by atoms with E-state index in [1.54, 1.807) is 0 Å². The third kappa shape index (κ3) is 25.6. The van der Waals surface area contributed by atoms with Crippen molar-refractivity contribution in [2.75, 3.05) is 112 Å². The van der Waals surface area contributed by atoms with Crippen LogP contribution in [0.3, 0.4) is 0 Å². The molecule has 0 aliphatic carbocycles. The highest BCUT2D eigenvalue weighted by molar-refractivity contribution is 4.38. The number of rotatable bonds is 24. The first kappa shape index (κ1) is 26.6. The fourth-order valence-electron chi connectivity index (χ4n) is 1.71. The van der Waals surface area contributed by atoms with Crippen molar-refractivity contribution in [3.8, 4) is 0 Å². The van der Waals surface area contributed by atoms with Gasteiger partial charge >= 0.3 is 0 Å². The summed E-state index contributed by atoms with van der Waals surface area (Å²) in [5.41, 5.74) is 0. The zero-order valence-corrected chi connectivity index (χ0v) is 16.4. The van der Waals surface area contributed by atoms with Gasteiger partial charge in [0.25, 0.3) is 0 Å². The molecule has 0 aromatic heterocycles. The van der Waals surface area contributed by atoms with Gasteiger partial charge in [-0.2, -0.15) is 0 Å². The first-order chi connectivity index (χ1) is 13.4. The molecule has 0 aliphatic heterocycles. The van der Waals surface area contributed by atoms with Gasteiger partial charge in [-0.05, 0) is 6.92 Å². The molecule has 0 amide bonds. The minimum absolute atomic E-state index is 0.0334. The summed E-state index contributed by atoms with van der Waals surface area (Å²) in [5, 5.41) is 8.52. The van der Waals surface area contributed by atoms with Gasteiger partial charge in [-0.3, -0.25) is 0 Å². The summed E-state index contributed by atoms with van der Waals surface area (Å²) in [6, 6.07) is 0. The van der Waals surface area contributed by atoms with Gasteiger partial charge < -0.3 is 43.0 Å². The Bertz CT molecular complexity index is 233. The fourth-order valence-corrected chi connectivity index (χ4v) is 1.71. The van der Waals surface area contributed by atoms with Gasteiger partial charge in [0.15, 0.2) is 0 Å². The zero-order valence-electron chi connectivity index (χ0n) is 16.4. The zero-order chi connectivity index (χ0) is 19.7. The van der Waals surface area contributed by atoms with Crippen molar-refractivity contribution in [2.24, 2.45) is 0 Å². The predicted molar refractivity (Wildman–Crippen MR) is 99.0 cm³/mol. The van der Waals surface area contributed by atoms with E-state index >= 15 is 0 Å². The van der Waals surface area contributed by atoms with Crippen LogP contribution in [0.1, 0.15) is 0 Å². The van der Waals surface area contributed by atoms with Gasteiger partial charge in [-0.25, -0.2) is 0 Å². The van der Waals surface area contributed by atoms with E-state index < -0.39 is 0 Å². The summed E-state index contributed by atoms with van der Waals surface area (Å²) in [6.45, 7) is 11.8. The predicted octanol–water partition coefficient (Wildman–Crippen LogP) is -0.0544. The van der Waals surface area contributed by atoms with Gasteiger partial charge in [-0.15, -0.1) is 0 Å². The van der Waals surface area contributed by atoms with Crippen LogP contribution in [0.15, 0.2) is 0 Å². The van der Waals surface area contributed by atoms with Gasteiger partial charge in [0.05, 0.1) is 106 Å². The molecule has 1 N–H and O–H groups in total. The molecule has 27 heavy (non-hydrogen) atoms. The van der Waals surface area contributed by atoms with Crippen LogP contribution in [0.2, 0.25) is 0 Å². The lowest BCUT2D eigenvalue weighted by Gasteiger charge is -2.08. The fraction of sp³-hybridized carbons (Fsp3) is 0.944. The molecule has 0 rings (SSSR count). The van der Waals surface area contributed by atoms with E-state index in [2.05, 4.69) is 6.92 Å². The van der Waals surface area contributed by atoms with Gasteiger partial charge in [0, 0.05) is 6.61 Å². The number of hydrogen-bond acceptors (Lipinski definition) is 9. The van der Waals surface area contributed by atoms with E-state index in [0.717, 1.165) is 0 Å². The van der Waals surface area contributed by atoms with E-state index in [9.17, 15) is 0 Å².